The normalized spacial score (nSPS) is 11.4. The molecule has 0 radical (unpaired) electrons. The topological polar surface area (TPSA) is 59.4 Å². The second-order valence-electron chi connectivity index (χ2n) is 5.28. The van der Waals surface area contributed by atoms with Crippen molar-refractivity contribution in [1.29, 1.82) is 0 Å². The largest absolute Gasteiger partial charge is 0.497 e. The molecule has 0 spiro atoms. The minimum atomic E-state index is 0.543. The van der Waals surface area contributed by atoms with Gasteiger partial charge in [0.15, 0.2) is 0 Å². The van der Waals surface area contributed by atoms with Gasteiger partial charge in [-0.25, -0.2) is 15.4 Å². The van der Waals surface area contributed by atoms with Gasteiger partial charge in [0, 0.05) is 17.1 Å². The maximum atomic E-state index is 5.15. The van der Waals surface area contributed by atoms with E-state index in [2.05, 4.69) is 32.6 Å². The lowest BCUT2D eigenvalue weighted by Gasteiger charge is -2.05. The summed E-state index contributed by atoms with van der Waals surface area (Å²) in [6, 6.07) is 10.0. The van der Waals surface area contributed by atoms with E-state index in [9.17, 15) is 0 Å². The molecular weight excluding hydrogens is 276 g/mol. The van der Waals surface area contributed by atoms with E-state index in [1.54, 1.807) is 7.11 Å². The first-order valence-corrected chi connectivity index (χ1v) is 7.31. The van der Waals surface area contributed by atoms with Crippen molar-refractivity contribution in [3.8, 4) is 5.75 Å². The average Bonchev–Trinajstić information content (AvgIpc) is 2.50. The van der Waals surface area contributed by atoms with Gasteiger partial charge in [0.05, 0.1) is 7.11 Å². The van der Waals surface area contributed by atoms with Gasteiger partial charge in [-0.1, -0.05) is 12.1 Å². The van der Waals surface area contributed by atoms with E-state index in [4.69, 9.17) is 4.74 Å². The van der Waals surface area contributed by atoms with Crippen LogP contribution in [-0.4, -0.2) is 22.8 Å². The molecule has 22 heavy (non-hydrogen) atoms. The van der Waals surface area contributed by atoms with Crippen LogP contribution in [0.25, 0.3) is 0 Å². The first kappa shape index (κ1) is 15.9. The van der Waals surface area contributed by atoms with Crippen LogP contribution in [0.15, 0.2) is 35.4 Å². The molecule has 5 heteroatoms. The summed E-state index contributed by atoms with van der Waals surface area (Å²) in [6.45, 7) is 5.89. The summed E-state index contributed by atoms with van der Waals surface area (Å²) in [5, 5.41) is 4.34. The lowest BCUT2D eigenvalue weighted by Crippen LogP contribution is -2.03. The maximum Gasteiger partial charge on any atom is 0.243 e. The number of benzene rings is 1. The summed E-state index contributed by atoms with van der Waals surface area (Å²) >= 11 is 0. The Bertz CT molecular complexity index is 630. The molecule has 0 fully saturated rings. The first-order chi connectivity index (χ1) is 10.6. The fourth-order valence-electron chi connectivity index (χ4n) is 2.09. The number of methoxy groups -OCH3 is 1. The van der Waals surface area contributed by atoms with Gasteiger partial charge in [-0.2, -0.15) is 5.10 Å². The van der Waals surface area contributed by atoms with Crippen LogP contribution in [0, 0.1) is 13.8 Å². The number of nitrogens with one attached hydrogen (secondary N) is 1. The average molecular weight is 298 g/mol. The summed E-state index contributed by atoms with van der Waals surface area (Å²) in [4.78, 5) is 8.60. The van der Waals surface area contributed by atoms with Crippen LogP contribution in [0.3, 0.4) is 0 Å². The molecule has 0 unspecified atom stereocenters. The Morgan fingerprint density at radius 2 is 1.77 bits per heavy atom. The minimum Gasteiger partial charge on any atom is -0.497 e. The maximum absolute atomic E-state index is 5.15. The molecule has 116 valence electrons. The third-order valence-electron chi connectivity index (χ3n) is 3.26. The van der Waals surface area contributed by atoms with Gasteiger partial charge < -0.3 is 4.74 Å². The number of anilines is 1. The molecule has 0 aliphatic heterocycles. The molecule has 0 saturated carbocycles. The van der Waals surface area contributed by atoms with Crippen molar-refractivity contribution in [2.45, 2.75) is 33.6 Å². The van der Waals surface area contributed by atoms with E-state index in [0.29, 0.717) is 5.95 Å². The molecule has 1 aromatic carbocycles. The lowest BCUT2D eigenvalue weighted by molar-refractivity contribution is 0.414. The number of ether oxygens (including phenoxy) is 1. The van der Waals surface area contributed by atoms with Crippen molar-refractivity contribution in [1.82, 2.24) is 9.97 Å². The van der Waals surface area contributed by atoms with Gasteiger partial charge in [-0.15, -0.1) is 0 Å². The number of aryl methyl sites for hydroxylation is 3. The molecule has 0 saturated heterocycles. The molecule has 1 aromatic heterocycles. The van der Waals surface area contributed by atoms with Gasteiger partial charge in [-0.05, 0) is 57.4 Å². The molecule has 1 heterocycles. The summed E-state index contributed by atoms with van der Waals surface area (Å²) < 4.78 is 5.15. The summed E-state index contributed by atoms with van der Waals surface area (Å²) in [6.07, 6.45) is 1.82. The number of hydrogen-bond donors (Lipinski definition) is 1. The van der Waals surface area contributed by atoms with E-state index in [1.165, 1.54) is 5.56 Å². The van der Waals surface area contributed by atoms with Crippen molar-refractivity contribution < 1.29 is 4.74 Å². The molecule has 0 atom stereocenters. The monoisotopic (exact) mass is 298 g/mol. The summed E-state index contributed by atoms with van der Waals surface area (Å²) in [5.74, 6) is 1.42. The van der Waals surface area contributed by atoms with Crippen LogP contribution in [0.1, 0.15) is 30.3 Å². The van der Waals surface area contributed by atoms with Crippen molar-refractivity contribution in [3.63, 3.8) is 0 Å². The predicted octanol–water partition coefficient (Wildman–Crippen LogP) is 3.52. The van der Waals surface area contributed by atoms with E-state index in [0.717, 1.165) is 35.7 Å². The number of hydrogen-bond acceptors (Lipinski definition) is 5. The Morgan fingerprint density at radius 1 is 1.14 bits per heavy atom. The zero-order valence-corrected chi connectivity index (χ0v) is 13.6. The Kier molecular flexibility index (Phi) is 5.47. The molecule has 2 rings (SSSR count). The SMILES string of the molecule is COc1ccc(CC/C(C)=N\Nc2nc(C)cc(C)n2)cc1. The molecular formula is C17H22N4O. The summed E-state index contributed by atoms with van der Waals surface area (Å²) in [7, 11) is 1.67. The predicted molar refractivity (Wildman–Crippen MR) is 89.6 cm³/mol. The number of hydrazone groups is 1. The van der Waals surface area contributed by atoms with E-state index in [-0.39, 0.29) is 0 Å². The molecule has 5 nitrogen and oxygen atoms in total. The highest BCUT2D eigenvalue weighted by molar-refractivity contribution is 5.82. The molecule has 0 aliphatic carbocycles. The van der Waals surface area contributed by atoms with Gasteiger partial charge in [0.25, 0.3) is 0 Å². The highest BCUT2D eigenvalue weighted by atomic mass is 16.5. The van der Waals surface area contributed by atoms with Crippen molar-refractivity contribution in [3.05, 3.63) is 47.3 Å². The molecule has 0 aliphatic rings. The number of aromatic nitrogens is 2. The van der Waals surface area contributed by atoms with Crippen molar-refractivity contribution in [2.75, 3.05) is 12.5 Å². The minimum absolute atomic E-state index is 0.543. The first-order valence-electron chi connectivity index (χ1n) is 7.31. The van der Waals surface area contributed by atoms with Crippen LogP contribution < -0.4 is 10.2 Å². The Hall–Kier alpha value is -2.43. The van der Waals surface area contributed by atoms with Gasteiger partial charge in [-0.3, -0.25) is 0 Å². The quantitative estimate of drug-likeness (QED) is 0.655. The van der Waals surface area contributed by atoms with Gasteiger partial charge in [0.2, 0.25) is 5.95 Å². The van der Waals surface area contributed by atoms with Gasteiger partial charge >= 0.3 is 0 Å². The third kappa shape index (κ3) is 4.84. The highest BCUT2D eigenvalue weighted by Gasteiger charge is 2.00. The molecule has 2 aromatic rings. The fraction of sp³-hybridized carbons (Fsp3) is 0.353. The van der Waals surface area contributed by atoms with Gasteiger partial charge in [0.1, 0.15) is 5.75 Å². The van der Waals surface area contributed by atoms with Crippen LogP contribution in [-0.2, 0) is 6.42 Å². The Labute approximate surface area is 131 Å². The Balaban J connectivity index is 1.89. The second-order valence-corrected chi connectivity index (χ2v) is 5.28. The standard InChI is InChI=1S/C17H22N4O/c1-12(5-6-15-7-9-16(22-4)10-8-15)20-21-17-18-13(2)11-14(3)19-17/h7-11H,5-6H2,1-4H3,(H,18,19,21)/b20-12-. The van der Waals surface area contributed by atoms with Crippen LogP contribution in [0.5, 0.6) is 5.75 Å². The van der Waals surface area contributed by atoms with E-state index < -0.39 is 0 Å². The van der Waals surface area contributed by atoms with Crippen LogP contribution >= 0.6 is 0 Å². The second kappa shape index (κ2) is 7.54. The molecule has 1 N–H and O–H groups in total. The fourth-order valence-corrected chi connectivity index (χ4v) is 2.09. The number of nitrogens with zero attached hydrogens (tertiary/aromatic N) is 3. The third-order valence-corrected chi connectivity index (χ3v) is 3.26. The van der Waals surface area contributed by atoms with Crippen LogP contribution in [0.2, 0.25) is 0 Å². The van der Waals surface area contributed by atoms with Crippen molar-refractivity contribution >= 4 is 11.7 Å². The zero-order valence-electron chi connectivity index (χ0n) is 13.6. The van der Waals surface area contributed by atoms with Crippen LogP contribution in [0.4, 0.5) is 5.95 Å². The smallest absolute Gasteiger partial charge is 0.243 e. The number of rotatable bonds is 6. The van der Waals surface area contributed by atoms with E-state index in [1.807, 2.05) is 39.0 Å². The Morgan fingerprint density at radius 3 is 2.36 bits per heavy atom. The lowest BCUT2D eigenvalue weighted by atomic mass is 10.1. The zero-order chi connectivity index (χ0) is 15.9. The molecule has 0 amide bonds. The van der Waals surface area contributed by atoms with E-state index >= 15 is 0 Å². The van der Waals surface area contributed by atoms with Crippen molar-refractivity contribution in [2.24, 2.45) is 5.10 Å². The molecule has 0 bridgehead atoms. The summed E-state index contributed by atoms with van der Waals surface area (Å²) in [5.41, 5.74) is 7.06. The highest BCUT2D eigenvalue weighted by Crippen LogP contribution is 2.13.